The zero-order valence-electron chi connectivity index (χ0n) is 10.9. The summed E-state index contributed by atoms with van der Waals surface area (Å²) >= 11 is 1.05. The average Bonchev–Trinajstić information content (AvgIpc) is 2.96. The van der Waals surface area contributed by atoms with E-state index < -0.39 is 4.92 Å². The maximum Gasteiger partial charge on any atom is 0.329 e. The number of nitrogen functional groups attached to an aromatic ring is 1. The third-order valence-corrected chi connectivity index (χ3v) is 3.41. The summed E-state index contributed by atoms with van der Waals surface area (Å²) in [6, 6.07) is 9.26. The van der Waals surface area contributed by atoms with E-state index in [-0.39, 0.29) is 16.7 Å². The lowest BCUT2D eigenvalue weighted by atomic mass is 10.3. The number of tetrazole rings is 1. The molecule has 1 aromatic carbocycles. The third-order valence-electron chi connectivity index (χ3n) is 2.60. The van der Waals surface area contributed by atoms with Crippen molar-refractivity contribution in [2.24, 2.45) is 0 Å². The van der Waals surface area contributed by atoms with Crippen LogP contribution >= 0.6 is 11.8 Å². The summed E-state index contributed by atoms with van der Waals surface area (Å²) in [6.45, 7) is 0. The molecule has 0 aliphatic rings. The highest BCUT2D eigenvalue weighted by atomic mass is 32.2. The molecule has 0 saturated heterocycles. The number of para-hydroxylation sites is 1. The van der Waals surface area contributed by atoms with Crippen molar-refractivity contribution >= 4 is 23.3 Å². The average molecular weight is 316 g/mol. The topological polar surface area (TPSA) is 139 Å². The fourth-order valence-electron chi connectivity index (χ4n) is 1.62. The van der Waals surface area contributed by atoms with Crippen LogP contribution in [0.15, 0.2) is 46.8 Å². The molecule has 10 nitrogen and oxygen atoms in total. The van der Waals surface area contributed by atoms with Gasteiger partial charge in [-0.15, -0.1) is 5.10 Å². The Bertz CT molecular complexity index is 822. The zero-order valence-corrected chi connectivity index (χ0v) is 11.7. The second-order valence-corrected chi connectivity index (χ2v) is 4.93. The van der Waals surface area contributed by atoms with Crippen molar-refractivity contribution in [1.82, 2.24) is 30.2 Å². The van der Waals surface area contributed by atoms with Gasteiger partial charge in [0.2, 0.25) is 11.0 Å². The molecule has 2 heterocycles. The van der Waals surface area contributed by atoms with Crippen molar-refractivity contribution in [2.75, 3.05) is 5.73 Å². The summed E-state index contributed by atoms with van der Waals surface area (Å²) in [5.74, 6) is -0.207. The largest absolute Gasteiger partial charge is 0.378 e. The van der Waals surface area contributed by atoms with Gasteiger partial charge in [-0.1, -0.05) is 18.2 Å². The predicted octanol–water partition coefficient (Wildman–Crippen LogP) is 1.09. The van der Waals surface area contributed by atoms with E-state index in [1.54, 1.807) is 0 Å². The minimum atomic E-state index is -0.641. The van der Waals surface area contributed by atoms with Gasteiger partial charge < -0.3 is 5.73 Å². The third kappa shape index (κ3) is 2.69. The van der Waals surface area contributed by atoms with Crippen molar-refractivity contribution in [2.45, 2.75) is 10.3 Å². The van der Waals surface area contributed by atoms with Gasteiger partial charge in [-0.2, -0.15) is 9.67 Å². The molecule has 0 radical (unpaired) electrons. The lowest BCUT2D eigenvalue weighted by molar-refractivity contribution is -0.384. The number of nitrogens with zero attached hydrogens (tertiary/aromatic N) is 7. The van der Waals surface area contributed by atoms with Gasteiger partial charge in [-0.3, -0.25) is 10.1 Å². The van der Waals surface area contributed by atoms with Crippen LogP contribution in [-0.4, -0.2) is 35.1 Å². The van der Waals surface area contributed by atoms with Gasteiger partial charge >= 0.3 is 5.69 Å². The summed E-state index contributed by atoms with van der Waals surface area (Å²) in [7, 11) is 0. The molecule has 3 rings (SSSR count). The molecular weight excluding hydrogens is 308 g/mol. The number of anilines is 1. The van der Waals surface area contributed by atoms with E-state index in [2.05, 4.69) is 25.5 Å². The normalized spacial score (nSPS) is 10.5. The molecule has 0 saturated carbocycles. The molecule has 0 spiro atoms. The number of aromatic nitrogens is 6. The van der Waals surface area contributed by atoms with Crippen LogP contribution in [0.2, 0.25) is 0 Å². The molecule has 0 fully saturated rings. The molecule has 3 aromatic rings. The van der Waals surface area contributed by atoms with Gasteiger partial charge in [0.15, 0.2) is 5.16 Å². The number of nitrogens with two attached hydrogens (primary N) is 1. The van der Waals surface area contributed by atoms with Gasteiger partial charge in [0.25, 0.3) is 0 Å². The number of benzene rings is 1. The maximum absolute atomic E-state index is 10.7. The van der Waals surface area contributed by atoms with Crippen LogP contribution in [0.25, 0.3) is 5.69 Å². The van der Waals surface area contributed by atoms with Crippen LogP contribution < -0.4 is 5.73 Å². The predicted molar refractivity (Wildman–Crippen MR) is 76.4 cm³/mol. The monoisotopic (exact) mass is 316 g/mol. The zero-order chi connectivity index (χ0) is 15.5. The Morgan fingerprint density at radius 2 is 2.05 bits per heavy atom. The van der Waals surface area contributed by atoms with E-state index >= 15 is 0 Å². The van der Waals surface area contributed by atoms with E-state index in [9.17, 15) is 10.1 Å². The number of hydrogen-bond donors (Lipinski definition) is 1. The van der Waals surface area contributed by atoms with E-state index in [0.29, 0.717) is 5.16 Å². The Morgan fingerprint density at radius 1 is 1.27 bits per heavy atom. The summed E-state index contributed by atoms with van der Waals surface area (Å²) in [5.41, 5.74) is 5.96. The van der Waals surface area contributed by atoms with Crippen molar-refractivity contribution in [3.05, 3.63) is 46.6 Å². The van der Waals surface area contributed by atoms with Crippen molar-refractivity contribution in [3.63, 3.8) is 0 Å². The summed E-state index contributed by atoms with van der Waals surface area (Å²) in [4.78, 5) is 17.8. The summed E-state index contributed by atoms with van der Waals surface area (Å²) in [5, 5.41) is 22.7. The van der Waals surface area contributed by atoms with Crippen molar-refractivity contribution in [3.8, 4) is 5.69 Å². The fraction of sp³-hybridized carbons (Fsp3) is 0. The van der Waals surface area contributed by atoms with Crippen LogP contribution in [0.1, 0.15) is 0 Å². The molecule has 2 N–H and O–H groups in total. The first-order valence-electron chi connectivity index (χ1n) is 5.93. The van der Waals surface area contributed by atoms with Crippen LogP contribution in [0, 0.1) is 10.1 Å². The Labute approximate surface area is 127 Å². The van der Waals surface area contributed by atoms with Crippen molar-refractivity contribution in [1.29, 1.82) is 0 Å². The van der Waals surface area contributed by atoms with E-state index in [1.807, 2.05) is 30.3 Å². The number of rotatable bonds is 4. The molecule has 0 unspecified atom stereocenters. The molecule has 110 valence electrons. The minimum Gasteiger partial charge on any atom is -0.378 e. The molecule has 22 heavy (non-hydrogen) atoms. The summed E-state index contributed by atoms with van der Waals surface area (Å²) in [6.07, 6.45) is 1.06. The van der Waals surface area contributed by atoms with E-state index in [4.69, 9.17) is 5.73 Å². The smallest absolute Gasteiger partial charge is 0.329 e. The molecule has 0 bridgehead atoms. The highest BCUT2D eigenvalue weighted by Crippen LogP contribution is 2.26. The molecular formula is C11H8N8O2S. The van der Waals surface area contributed by atoms with Gasteiger partial charge in [-0.05, 0) is 34.3 Å². The minimum absolute atomic E-state index is 0.207. The second-order valence-electron chi connectivity index (χ2n) is 3.99. The molecule has 2 aromatic heterocycles. The van der Waals surface area contributed by atoms with Gasteiger partial charge in [0.05, 0.1) is 10.6 Å². The second kappa shape index (κ2) is 5.73. The maximum atomic E-state index is 10.7. The van der Waals surface area contributed by atoms with Crippen molar-refractivity contribution < 1.29 is 4.92 Å². The first kappa shape index (κ1) is 13.9. The lowest BCUT2D eigenvalue weighted by Crippen LogP contribution is -2.02. The Kier molecular flexibility index (Phi) is 3.62. The van der Waals surface area contributed by atoms with Gasteiger partial charge in [-0.25, -0.2) is 4.98 Å². The first-order valence-corrected chi connectivity index (χ1v) is 6.75. The molecule has 0 aliphatic carbocycles. The highest BCUT2D eigenvalue weighted by Gasteiger charge is 2.17. The Morgan fingerprint density at radius 3 is 2.73 bits per heavy atom. The Hall–Kier alpha value is -3.08. The molecule has 0 aliphatic heterocycles. The van der Waals surface area contributed by atoms with Gasteiger partial charge in [0, 0.05) is 0 Å². The highest BCUT2D eigenvalue weighted by molar-refractivity contribution is 7.99. The van der Waals surface area contributed by atoms with Gasteiger partial charge in [0.1, 0.15) is 6.20 Å². The van der Waals surface area contributed by atoms with Crippen LogP contribution in [-0.2, 0) is 0 Å². The molecule has 11 heteroatoms. The van der Waals surface area contributed by atoms with Crippen LogP contribution in [0.5, 0.6) is 0 Å². The summed E-state index contributed by atoms with van der Waals surface area (Å²) < 4.78 is 1.51. The van der Waals surface area contributed by atoms with E-state index in [1.165, 1.54) is 4.68 Å². The first-order chi connectivity index (χ1) is 10.6. The van der Waals surface area contributed by atoms with Crippen LogP contribution in [0.4, 0.5) is 11.5 Å². The fourth-order valence-corrected chi connectivity index (χ4v) is 2.34. The molecule has 0 atom stereocenters. The lowest BCUT2D eigenvalue weighted by Gasteiger charge is -2.03. The number of nitro groups is 1. The SMILES string of the molecule is Nc1nc(Sc2nnnn2-c2ccccc2)ncc1[N+](=O)[O-]. The standard InChI is InChI=1S/C11H8N8O2S/c12-9-8(19(20)21)6-13-10(14-9)22-11-15-16-17-18(11)7-4-2-1-3-5-7/h1-6H,(H2,12,13,14). The Balaban J connectivity index is 1.90. The number of hydrogen-bond acceptors (Lipinski definition) is 9. The van der Waals surface area contributed by atoms with Crippen LogP contribution in [0.3, 0.4) is 0 Å². The van der Waals surface area contributed by atoms with E-state index in [0.717, 1.165) is 23.6 Å². The quantitative estimate of drug-likeness (QED) is 0.425. The molecule has 0 amide bonds.